The van der Waals surface area contributed by atoms with Crippen LogP contribution in [0.2, 0.25) is 0 Å². The minimum atomic E-state index is -3.59. The van der Waals surface area contributed by atoms with E-state index in [1.54, 1.807) is 22.6 Å². The van der Waals surface area contributed by atoms with Crippen LogP contribution in [-0.4, -0.2) is 66.0 Å². The van der Waals surface area contributed by atoms with E-state index in [0.717, 1.165) is 41.6 Å². The summed E-state index contributed by atoms with van der Waals surface area (Å²) < 4.78 is 28.9. The maximum absolute atomic E-state index is 13.6. The van der Waals surface area contributed by atoms with Crippen molar-refractivity contribution in [2.75, 3.05) is 26.2 Å². The Morgan fingerprint density at radius 1 is 0.971 bits per heavy atom. The van der Waals surface area contributed by atoms with Gasteiger partial charge in [-0.25, -0.2) is 8.42 Å². The zero-order chi connectivity index (χ0) is 23.7. The standard InChI is InChI=1S/C27H31N3O3S/c1-20-7-2-3-9-26(20)34(32,33)29-15-4-5-16-30-24(18-29)27(25(30)19-31)22-12-10-21(11-13-22)23-8-6-14-28-17-23/h2-3,6-14,17,24-25,27,31H,4-5,15-16,18-19H2,1H3/t24-,25-,27-/m1/s1. The third-order valence-electron chi connectivity index (χ3n) is 7.33. The minimum absolute atomic E-state index is 0.00959. The maximum Gasteiger partial charge on any atom is 0.243 e. The number of fused-ring (bicyclic) bond motifs is 1. The Bertz CT molecular complexity index is 1230. The summed E-state index contributed by atoms with van der Waals surface area (Å²) in [6.07, 6.45) is 5.34. The molecule has 2 aliphatic rings. The van der Waals surface area contributed by atoms with Gasteiger partial charge in [-0.2, -0.15) is 4.31 Å². The van der Waals surface area contributed by atoms with Crippen molar-refractivity contribution < 1.29 is 13.5 Å². The third kappa shape index (κ3) is 4.18. The first-order valence-corrected chi connectivity index (χ1v) is 13.4. The predicted octanol–water partition coefficient (Wildman–Crippen LogP) is 3.67. The van der Waals surface area contributed by atoms with Gasteiger partial charge in [0.15, 0.2) is 0 Å². The van der Waals surface area contributed by atoms with E-state index in [9.17, 15) is 13.5 Å². The summed E-state index contributed by atoms with van der Waals surface area (Å²) in [4.78, 5) is 6.90. The third-order valence-corrected chi connectivity index (χ3v) is 9.36. The Labute approximate surface area is 201 Å². The van der Waals surface area contributed by atoms with Gasteiger partial charge in [0.2, 0.25) is 10.0 Å². The second-order valence-electron chi connectivity index (χ2n) is 9.28. The molecule has 0 aliphatic carbocycles. The molecule has 178 valence electrons. The molecule has 2 fully saturated rings. The topological polar surface area (TPSA) is 73.7 Å². The van der Waals surface area contributed by atoms with Gasteiger partial charge in [0.25, 0.3) is 0 Å². The van der Waals surface area contributed by atoms with Gasteiger partial charge in [-0.15, -0.1) is 0 Å². The van der Waals surface area contributed by atoms with Crippen LogP contribution in [0.4, 0.5) is 0 Å². The average Bonchev–Trinajstić information content (AvgIpc) is 2.84. The van der Waals surface area contributed by atoms with E-state index in [0.29, 0.717) is 18.0 Å². The van der Waals surface area contributed by atoms with Crippen LogP contribution in [-0.2, 0) is 10.0 Å². The van der Waals surface area contributed by atoms with Crippen LogP contribution < -0.4 is 0 Å². The molecule has 34 heavy (non-hydrogen) atoms. The van der Waals surface area contributed by atoms with E-state index in [4.69, 9.17) is 0 Å². The van der Waals surface area contributed by atoms with Gasteiger partial charge in [0, 0.05) is 43.5 Å². The average molecular weight is 478 g/mol. The van der Waals surface area contributed by atoms with Crippen molar-refractivity contribution >= 4 is 10.0 Å². The van der Waals surface area contributed by atoms with Crippen molar-refractivity contribution in [2.45, 2.75) is 42.7 Å². The molecule has 3 atom stereocenters. The molecule has 2 aromatic carbocycles. The normalized spacial score (nSPS) is 24.0. The number of sulfonamides is 1. The van der Waals surface area contributed by atoms with Crippen LogP contribution in [0.15, 0.2) is 78.0 Å². The number of aliphatic hydroxyl groups excluding tert-OH is 1. The fourth-order valence-electron chi connectivity index (χ4n) is 5.54. The molecule has 0 radical (unpaired) electrons. The van der Waals surface area contributed by atoms with Crippen LogP contribution in [0.1, 0.15) is 29.9 Å². The second kappa shape index (κ2) is 9.58. The second-order valence-corrected chi connectivity index (χ2v) is 11.2. The van der Waals surface area contributed by atoms with Gasteiger partial charge < -0.3 is 5.11 Å². The fourth-order valence-corrected chi connectivity index (χ4v) is 7.27. The number of aryl methyl sites for hydroxylation is 1. The zero-order valence-corrected chi connectivity index (χ0v) is 20.2. The molecule has 0 unspecified atom stereocenters. The number of nitrogens with zero attached hydrogens (tertiary/aromatic N) is 3. The molecule has 3 aromatic rings. The van der Waals surface area contributed by atoms with Gasteiger partial charge in [-0.3, -0.25) is 9.88 Å². The molecule has 0 bridgehead atoms. The van der Waals surface area contributed by atoms with Gasteiger partial charge in [0.1, 0.15) is 0 Å². The van der Waals surface area contributed by atoms with E-state index in [1.165, 1.54) is 0 Å². The maximum atomic E-state index is 13.6. The Kier molecular flexibility index (Phi) is 6.53. The first-order valence-electron chi connectivity index (χ1n) is 11.9. The van der Waals surface area contributed by atoms with Crippen molar-refractivity contribution in [3.8, 4) is 11.1 Å². The Hall–Kier alpha value is -2.58. The molecule has 3 heterocycles. The molecule has 2 saturated heterocycles. The first-order chi connectivity index (χ1) is 16.5. The molecule has 6 nitrogen and oxygen atoms in total. The van der Waals surface area contributed by atoms with Crippen LogP contribution in [0.25, 0.3) is 11.1 Å². The summed E-state index contributed by atoms with van der Waals surface area (Å²) >= 11 is 0. The number of pyridine rings is 1. The Balaban J connectivity index is 1.44. The highest BCUT2D eigenvalue weighted by Gasteiger charge is 2.50. The number of hydrogen-bond donors (Lipinski definition) is 1. The summed E-state index contributed by atoms with van der Waals surface area (Å²) in [5.41, 5.74) is 4.06. The quantitative estimate of drug-likeness (QED) is 0.607. The molecule has 5 rings (SSSR count). The van der Waals surface area contributed by atoms with E-state index >= 15 is 0 Å². The van der Waals surface area contributed by atoms with E-state index in [2.05, 4.69) is 34.1 Å². The highest BCUT2D eigenvalue weighted by atomic mass is 32.2. The van der Waals surface area contributed by atoms with Crippen molar-refractivity contribution in [1.82, 2.24) is 14.2 Å². The zero-order valence-electron chi connectivity index (χ0n) is 19.4. The molecule has 1 N–H and O–H groups in total. The smallest absolute Gasteiger partial charge is 0.243 e. The monoisotopic (exact) mass is 477 g/mol. The highest BCUT2D eigenvalue weighted by molar-refractivity contribution is 7.89. The molecule has 2 aliphatic heterocycles. The predicted molar refractivity (Wildman–Crippen MR) is 133 cm³/mol. The molecule has 0 spiro atoms. The van der Waals surface area contributed by atoms with Crippen molar-refractivity contribution in [3.05, 3.63) is 84.2 Å². The number of aliphatic hydroxyl groups is 1. The number of benzene rings is 2. The summed E-state index contributed by atoms with van der Waals surface area (Å²) in [5.74, 6) is 0.0839. The molecule has 1 aromatic heterocycles. The van der Waals surface area contributed by atoms with Gasteiger partial charge in [0.05, 0.1) is 11.5 Å². The summed E-state index contributed by atoms with van der Waals surface area (Å²) in [6.45, 7) is 3.76. The lowest BCUT2D eigenvalue weighted by Gasteiger charge is -2.57. The summed E-state index contributed by atoms with van der Waals surface area (Å²) in [7, 11) is -3.59. The number of aromatic nitrogens is 1. The van der Waals surface area contributed by atoms with E-state index in [-0.39, 0.29) is 24.6 Å². The van der Waals surface area contributed by atoms with Crippen molar-refractivity contribution in [3.63, 3.8) is 0 Å². The summed E-state index contributed by atoms with van der Waals surface area (Å²) in [5, 5.41) is 10.2. The SMILES string of the molecule is Cc1ccccc1S(=O)(=O)N1CCCCN2[C@H](CO)[C@H](c3ccc(-c4cccnc4)cc3)[C@H]2C1. The lowest BCUT2D eigenvalue weighted by Crippen LogP contribution is -2.67. The fraction of sp³-hybridized carbons (Fsp3) is 0.370. The lowest BCUT2D eigenvalue weighted by molar-refractivity contribution is -0.0553. The molecule has 7 heteroatoms. The van der Waals surface area contributed by atoms with Crippen LogP contribution in [0, 0.1) is 6.92 Å². The van der Waals surface area contributed by atoms with Crippen LogP contribution in [0.5, 0.6) is 0 Å². The molecule has 0 amide bonds. The van der Waals surface area contributed by atoms with Gasteiger partial charge in [-0.05, 0) is 60.7 Å². The summed E-state index contributed by atoms with van der Waals surface area (Å²) in [6, 6.07) is 19.6. The van der Waals surface area contributed by atoms with Crippen molar-refractivity contribution in [2.24, 2.45) is 0 Å². The van der Waals surface area contributed by atoms with Gasteiger partial charge in [-0.1, -0.05) is 48.5 Å². The number of rotatable bonds is 5. The molecule has 0 saturated carbocycles. The minimum Gasteiger partial charge on any atom is -0.395 e. The van der Waals surface area contributed by atoms with Gasteiger partial charge >= 0.3 is 0 Å². The Morgan fingerprint density at radius 3 is 2.44 bits per heavy atom. The highest BCUT2D eigenvalue weighted by Crippen LogP contribution is 2.43. The van der Waals surface area contributed by atoms with E-state index in [1.807, 2.05) is 37.4 Å². The first kappa shape index (κ1) is 23.2. The largest absolute Gasteiger partial charge is 0.395 e. The van der Waals surface area contributed by atoms with Crippen molar-refractivity contribution in [1.29, 1.82) is 0 Å². The molecular weight excluding hydrogens is 446 g/mol. The molecular formula is C27H31N3O3S. The van der Waals surface area contributed by atoms with Crippen LogP contribution >= 0.6 is 0 Å². The lowest BCUT2D eigenvalue weighted by atomic mass is 9.74. The van der Waals surface area contributed by atoms with Crippen LogP contribution in [0.3, 0.4) is 0 Å². The van der Waals surface area contributed by atoms with E-state index < -0.39 is 10.0 Å². The number of hydrogen-bond acceptors (Lipinski definition) is 5. The Morgan fingerprint density at radius 2 is 1.74 bits per heavy atom.